The van der Waals surface area contributed by atoms with Crippen LogP contribution < -0.4 is 5.32 Å². The number of anilines is 1. The van der Waals surface area contributed by atoms with Gasteiger partial charge in [0.2, 0.25) is 5.91 Å². The second-order valence-corrected chi connectivity index (χ2v) is 6.92. The summed E-state index contributed by atoms with van der Waals surface area (Å²) < 4.78 is 3.52. The third kappa shape index (κ3) is 4.45. The standard InChI is InChI=1S/C18H19Cl2N5O/c1-12-18(22-17(26)7-8-24-11-16(20)9-21-24)13(2)25(23-12)10-14-3-5-15(19)6-4-14/h3-6,9,11H,7-8,10H2,1-2H3,(H,22,26). The van der Waals surface area contributed by atoms with E-state index in [0.29, 0.717) is 29.6 Å². The van der Waals surface area contributed by atoms with Crippen molar-refractivity contribution in [1.29, 1.82) is 0 Å². The third-order valence-corrected chi connectivity index (χ3v) is 4.51. The van der Waals surface area contributed by atoms with Crippen molar-refractivity contribution >= 4 is 34.8 Å². The Labute approximate surface area is 161 Å². The molecule has 0 spiro atoms. The Morgan fingerprint density at radius 3 is 2.54 bits per heavy atom. The molecule has 1 aromatic carbocycles. The average Bonchev–Trinajstić information content (AvgIpc) is 3.13. The average molecular weight is 392 g/mol. The second kappa shape index (κ2) is 7.93. The van der Waals surface area contributed by atoms with E-state index in [1.54, 1.807) is 17.1 Å². The third-order valence-electron chi connectivity index (χ3n) is 4.06. The van der Waals surface area contributed by atoms with Gasteiger partial charge in [0.05, 0.1) is 34.8 Å². The fourth-order valence-electron chi connectivity index (χ4n) is 2.67. The minimum absolute atomic E-state index is 0.0890. The van der Waals surface area contributed by atoms with Crippen LogP contribution in [0.5, 0.6) is 0 Å². The zero-order valence-corrected chi connectivity index (χ0v) is 16.1. The molecule has 0 fully saturated rings. The van der Waals surface area contributed by atoms with Crippen molar-refractivity contribution in [3.63, 3.8) is 0 Å². The molecule has 136 valence electrons. The number of hydrogen-bond acceptors (Lipinski definition) is 3. The van der Waals surface area contributed by atoms with Gasteiger partial charge < -0.3 is 5.32 Å². The zero-order chi connectivity index (χ0) is 18.7. The number of nitrogens with one attached hydrogen (secondary N) is 1. The first-order valence-corrected chi connectivity index (χ1v) is 8.94. The largest absolute Gasteiger partial charge is 0.323 e. The second-order valence-electron chi connectivity index (χ2n) is 6.05. The monoisotopic (exact) mass is 391 g/mol. The molecule has 2 aromatic heterocycles. The molecule has 0 radical (unpaired) electrons. The maximum absolute atomic E-state index is 12.3. The molecule has 0 bridgehead atoms. The van der Waals surface area contributed by atoms with Crippen molar-refractivity contribution in [2.45, 2.75) is 33.4 Å². The van der Waals surface area contributed by atoms with Gasteiger partial charge in [-0.15, -0.1) is 0 Å². The smallest absolute Gasteiger partial charge is 0.226 e. The predicted molar refractivity (Wildman–Crippen MR) is 103 cm³/mol. The van der Waals surface area contributed by atoms with Gasteiger partial charge in [0.15, 0.2) is 0 Å². The summed E-state index contributed by atoms with van der Waals surface area (Å²) in [4.78, 5) is 12.3. The molecule has 0 unspecified atom stereocenters. The fourth-order valence-corrected chi connectivity index (χ4v) is 2.96. The van der Waals surface area contributed by atoms with Crippen molar-refractivity contribution in [2.24, 2.45) is 0 Å². The van der Waals surface area contributed by atoms with Crippen molar-refractivity contribution in [2.75, 3.05) is 5.32 Å². The molecule has 0 atom stereocenters. The normalized spacial score (nSPS) is 10.9. The number of nitrogens with zero attached hydrogens (tertiary/aromatic N) is 4. The highest BCUT2D eigenvalue weighted by Crippen LogP contribution is 2.21. The molecule has 3 rings (SSSR count). The van der Waals surface area contributed by atoms with Crippen molar-refractivity contribution < 1.29 is 4.79 Å². The van der Waals surface area contributed by atoms with Crippen LogP contribution in [0.25, 0.3) is 0 Å². The Morgan fingerprint density at radius 2 is 1.88 bits per heavy atom. The first kappa shape index (κ1) is 18.5. The highest BCUT2D eigenvalue weighted by molar-refractivity contribution is 6.30. The van der Waals surface area contributed by atoms with E-state index >= 15 is 0 Å². The van der Waals surface area contributed by atoms with Gasteiger partial charge in [-0.3, -0.25) is 14.2 Å². The molecule has 0 aliphatic heterocycles. The van der Waals surface area contributed by atoms with Crippen LogP contribution in [-0.2, 0) is 17.9 Å². The van der Waals surface area contributed by atoms with Gasteiger partial charge in [0.1, 0.15) is 0 Å². The highest BCUT2D eigenvalue weighted by atomic mass is 35.5. The van der Waals surface area contributed by atoms with Gasteiger partial charge in [0.25, 0.3) is 0 Å². The number of amides is 1. The molecule has 8 heteroatoms. The molecule has 0 aliphatic carbocycles. The molecule has 6 nitrogen and oxygen atoms in total. The first-order chi connectivity index (χ1) is 12.4. The van der Waals surface area contributed by atoms with E-state index in [1.165, 1.54) is 0 Å². The van der Waals surface area contributed by atoms with E-state index in [0.717, 1.165) is 22.6 Å². The van der Waals surface area contributed by atoms with Crippen LogP contribution in [0.4, 0.5) is 5.69 Å². The number of carbonyl (C=O) groups excluding carboxylic acids is 1. The maximum atomic E-state index is 12.3. The van der Waals surface area contributed by atoms with Crippen LogP contribution in [0.1, 0.15) is 23.4 Å². The first-order valence-electron chi connectivity index (χ1n) is 8.18. The lowest BCUT2D eigenvalue weighted by atomic mass is 10.2. The Hall–Kier alpha value is -2.31. The molecule has 1 N–H and O–H groups in total. The van der Waals surface area contributed by atoms with Crippen LogP contribution in [0.3, 0.4) is 0 Å². The number of aryl methyl sites for hydroxylation is 2. The number of hydrogen-bond donors (Lipinski definition) is 1. The molecule has 3 aromatic rings. The number of carbonyl (C=O) groups is 1. The number of aromatic nitrogens is 4. The quantitative estimate of drug-likeness (QED) is 0.688. The minimum Gasteiger partial charge on any atom is -0.323 e. The van der Waals surface area contributed by atoms with E-state index in [2.05, 4.69) is 15.5 Å². The minimum atomic E-state index is -0.0890. The van der Waals surface area contributed by atoms with Gasteiger partial charge in [0, 0.05) is 24.2 Å². The van der Waals surface area contributed by atoms with E-state index in [1.807, 2.05) is 42.8 Å². The van der Waals surface area contributed by atoms with E-state index in [4.69, 9.17) is 23.2 Å². The Balaban J connectivity index is 1.65. The number of benzene rings is 1. The summed E-state index contributed by atoms with van der Waals surface area (Å²) in [5.74, 6) is -0.0890. The molecule has 26 heavy (non-hydrogen) atoms. The Morgan fingerprint density at radius 1 is 1.15 bits per heavy atom. The molecule has 1 amide bonds. The number of halogens is 2. The van der Waals surface area contributed by atoms with Crippen molar-refractivity contribution in [3.05, 3.63) is 63.7 Å². The van der Waals surface area contributed by atoms with Crippen molar-refractivity contribution in [1.82, 2.24) is 19.6 Å². The van der Waals surface area contributed by atoms with Crippen LogP contribution in [0.15, 0.2) is 36.7 Å². The summed E-state index contributed by atoms with van der Waals surface area (Å²) in [6.07, 6.45) is 3.54. The van der Waals surface area contributed by atoms with Crippen LogP contribution in [-0.4, -0.2) is 25.5 Å². The van der Waals surface area contributed by atoms with Gasteiger partial charge in [-0.2, -0.15) is 10.2 Å². The predicted octanol–water partition coefficient (Wildman–Crippen LogP) is 4.08. The van der Waals surface area contributed by atoms with E-state index in [-0.39, 0.29) is 5.91 Å². The zero-order valence-electron chi connectivity index (χ0n) is 14.5. The molecule has 0 saturated carbocycles. The SMILES string of the molecule is Cc1nn(Cc2ccc(Cl)cc2)c(C)c1NC(=O)CCn1cc(Cl)cn1. The van der Waals surface area contributed by atoms with E-state index < -0.39 is 0 Å². The summed E-state index contributed by atoms with van der Waals surface area (Å²) >= 11 is 11.7. The lowest BCUT2D eigenvalue weighted by molar-refractivity contribution is -0.116. The number of rotatable bonds is 6. The molecular weight excluding hydrogens is 373 g/mol. The van der Waals surface area contributed by atoms with Gasteiger partial charge in [-0.1, -0.05) is 35.3 Å². The Bertz CT molecular complexity index is 914. The van der Waals surface area contributed by atoms with Gasteiger partial charge >= 0.3 is 0 Å². The fraction of sp³-hybridized carbons (Fsp3) is 0.278. The summed E-state index contributed by atoms with van der Waals surface area (Å²) in [5, 5.41) is 12.8. The summed E-state index contributed by atoms with van der Waals surface area (Å²) in [6.45, 7) is 4.91. The van der Waals surface area contributed by atoms with Crippen molar-refractivity contribution in [3.8, 4) is 0 Å². The molecule has 0 aliphatic rings. The van der Waals surface area contributed by atoms with Crippen LogP contribution in [0.2, 0.25) is 10.0 Å². The lowest BCUT2D eigenvalue weighted by Crippen LogP contribution is -2.15. The van der Waals surface area contributed by atoms with E-state index in [9.17, 15) is 4.79 Å². The lowest BCUT2D eigenvalue weighted by Gasteiger charge is -2.08. The topological polar surface area (TPSA) is 64.7 Å². The summed E-state index contributed by atoms with van der Waals surface area (Å²) in [7, 11) is 0. The Kier molecular flexibility index (Phi) is 5.64. The molecular formula is C18H19Cl2N5O. The summed E-state index contributed by atoms with van der Waals surface area (Å²) in [5.41, 5.74) is 3.54. The molecule has 0 saturated heterocycles. The highest BCUT2D eigenvalue weighted by Gasteiger charge is 2.14. The van der Waals surface area contributed by atoms with Gasteiger partial charge in [-0.25, -0.2) is 0 Å². The summed E-state index contributed by atoms with van der Waals surface area (Å²) in [6, 6.07) is 7.64. The van der Waals surface area contributed by atoms with Crippen LogP contribution >= 0.6 is 23.2 Å². The van der Waals surface area contributed by atoms with Gasteiger partial charge in [-0.05, 0) is 31.5 Å². The van der Waals surface area contributed by atoms with Crippen LogP contribution in [0, 0.1) is 13.8 Å². The molecule has 2 heterocycles. The maximum Gasteiger partial charge on any atom is 0.226 e.